The van der Waals surface area contributed by atoms with E-state index in [0.29, 0.717) is 30.0 Å². The number of rotatable bonds is 7. The Morgan fingerprint density at radius 2 is 1.94 bits per heavy atom. The van der Waals surface area contributed by atoms with Crippen LogP contribution in [0.25, 0.3) is 5.82 Å². The number of amides is 1. The van der Waals surface area contributed by atoms with E-state index in [4.69, 9.17) is 15.5 Å². The number of pyridine rings is 2. The third-order valence-corrected chi connectivity index (χ3v) is 7.07. The number of anilines is 2. The number of nitrogens with zero attached hydrogens (tertiary/aromatic N) is 5. The number of nitrogen functional groups attached to an aromatic ring is 1. The minimum Gasteiger partial charge on any atom is -0.474 e. The van der Waals surface area contributed by atoms with E-state index in [1.54, 1.807) is 29.1 Å². The van der Waals surface area contributed by atoms with Crippen molar-refractivity contribution in [2.75, 3.05) is 17.2 Å². The van der Waals surface area contributed by atoms with Crippen LogP contribution in [0.15, 0.2) is 47.6 Å². The predicted octanol–water partition coefficient (Wildman–Crippen LogP) is 2.78. The summed E-state index contributed by atoms with van der Waals surface area (Å²) >= 11 is 0. The van der Waals surface area contributed by atoms with Crippen molar-refractivity contribution in [2.45, 2.75) is 57.7 Å². The molecule has 1 amide bonds. The molecule has 1 saturated heterocycles. The molecular weight excluding hydrogens is 482 g/mol. The lowest BCUT2D eigenvalue weighted by Gasteiger charge is -2.34. The van der Waals surface area contributed by atoms with E-state index in [1.807, 2.05) is 18.7 Å². The van der Waals surface area contributed by atoms with Crippen molar-refractivity contribution in [1.82, 2.24) is 24.5 Å². The van der Waals surface area contributed by atoms with Crippen molar-refractivity contribution in [1.29, 1.82) is 0 Å². The van der Waals surface area contributed by atoms with E-state index in [0.717, 1.165) is 6.42 Å². The molecule has 4 heterocycles. The van der Waals surface area contributed by atoms with Gasteiger partial charge in [-0.05, 0) is 64.3 Å². The molecule has 11 nitrogen and oxygen atoms in total. The highest BCUT2D eigenvalue weighted by Crippen LogP contribution is 2.37. The van der Waals surface area contributed by atoms with Crippen LogP contribution in [0.3, 0.4) is 0 Å². The number of nitrogens with one attached hydrogen (secondary N) is 1. The van der Waals surface area contributed by atoms with E-state index in [2.05, 4.69) is 35.6 Å². The van der Waals surface area contributed by atoms with Crippen LogP contribution in [0.1, 0.15) is 51.4 Å². The Morgan fingerprint density at radius 1 is 1.19 bits per heavy atom. The molecule has 1 aliphatic heterocycles. The van der Waals surface area contributed by atoms with Gasteiger partial charge in [-0.2, -0.15) is 8.42 Å². The van der Waals surface area contributed by atoms with Gasteiger partial charge in [0.25, 0.3) is 15.9 Å². The van der Waals surface area contributed by atoms with Crippen LogP contribution in [0.2, 0.25) is 0 Å². The van der Waals surface area contributed by atoms with Crippen molar-refractivity contribution < 1.29 is 17.9 Å². The first-order valence-electron chi connectivity index (χ1n) is 11.7. The zero-order chi connectivity index (χ0) is 26.3. The normalized spacial score (nSPS) is 17.4. The third kappa shape index (κ3) is 5.27. The smallest absolute Gasteiger partial charge is 0.281 e. The van der Waals surface area contributed by atoms with Crippen molar-refractivity contribution >= 4 is 27.6 Å². The lowest BCUT2D eigenvalue weighted by atomic mass is 9.97. The summed E-state index contributed by atoms with van der Waals surface area (Å²) in [5.41, 5.74) is 5.45. The predicted molar refractivity (Wildman–Crippen MR) is 136 cm³/mol. The monoisotopic (exact) mass is 513 g/mol. The van der Waals surface area contributed by atoms with Gasteiger partial charge in [0.1, 0.15) is 11.6 Å². The van der Waals surface area contributed by atoms with Crippen LogP contribution in [0, 0.1) is 5.92 Å². The number of hydrogen-bond acceptors (Lipinski definition) is 9. The van der Waals surface area contributed by atoms with Crippen molar-refractivity contribution in [3.05, 3.63) is 48.2 Å². The molecule has 12 heteroatoms. The van der Waals surface area contributed by atoms with Gasteiger partial charge in [0.05, 0.1) is 11.7 Å². The van der Waals surface area contributed by atoms with Gasteiger partial charge in [0.15, 0.2) is 10.8 Å². The molecule has 0 saturated carbocycles. The van der Waals surface area contributed by atoms with Gasteiger partial charge in [0, 0.05) is 24.3 Å². The fourth-order valence-electron chi connectivity index (χ4n) is 4.46. The minimum absolute atomic E-state index is 0.0323. The summed E-state index contributed by atoms with van der Waals surface area (Å²) in [5, 5.41) is 4.08. The molecule has 0 aliphatic carbocycles. The second kappa shape index (κ2) is 9.41. The fourth-order valence-corrected chi connectivity index (χ4v) is 5.40. The molecule has 1 atom stereocenters. The number of carbonyl (C=O) groups is 1. The van der Waals surface area contributed by atoms with Gasteiger partial charge >= 0.3 is 0 Å². The van der Waals surface area contributed by atoms with Crippen LogP contribution >= 0.6 is 0 Å². The highest BCUT2D eigenvalue weighted by atomic mass is 32.2. The molecule has 3 N–H and O–H groups in total. The molecule has 0 spiro atoms. The van der Waals surface area contributed by atoms with Crippen molar-refractivity contribution in [3.8, 4) is 11.7 Å². The topological polar surface area (TPSA) is 145 Å². The van der Waals surface area contributed by atoms with Crippen molar-refractivity contribution in [3.63, 3.8) is 0 Å². The summed E-state index contributed by atoms with van der Waals surface area (Å²) in [6, 6.07) is 9.09. The van der Waals surface area contributed by atoms with E-state index >= 15 is 0 Å². The second-order valence-electron chi connectivity index (χ2n) is 9.87. The molecule has 3 aromatic heterocycles. The minimum atomic E-state index is -4.25. The van der Waals surface area contributed by atoms with Gasteiger partial charge in [0.2, 0.25) is 5.88 Å². The summed E-state index contributed by atoms with van der Waals surface area (Å²) in [5.74, 6) is 0.869. The first-order chi connectivity index (χ1) is 16.9. The molecule has 0 bridgehead atoms. The Labute approximate surface area is 210 Å². The number of nitrogens with two attached hydrogens (primary N) is 1. The highest BCUT2D eigenvalue weighted by Gasteiger charge is 2.39. The SMILES string of the molecule is CC(C)Oc1ccn(-c2ccc(C(=O)NS(=O)(=O)c3cccc(N)n3)c(N3C[C@@H](C)CC3(C)C)n2)n1. The molecule has 3 aromatic rings. The largest absolute Gasteiger partial charge is 0.474 e. The quantitative estimate of drug-likeness (QED) is 0.487. The van der Waals surface area contributed by atoms with Crippen LogP contribution in [-0.2, 0) is 10.0 Å². The first kappa shape index (κ1) is 25.4. The summed E-state index contributed by atoms with van der Waals surface area (Å²) in [6.07, 6.45) is 2.57. The Bertz CT molecular complexity index is 1380. The molecule has 1 aliphatic rings. The number of ether oxygens (including phenoxy) is 1. The van der Waals surface area contributed by atoms with E-state index in [9.17, 15) is 13.2 Å². The second-order valence-corrected chi connectivity index (χ2v) is 11.5. The van der Waals surface area contributed by atoms with Crippen LogP contribution in [0.5, 0.6) is 5.88 Å². The van der Waals surface area contributed by atoms with E-state index < -0.39 is 15.9 Å². The van der Waals surface area contributed by atoms with Crippen LogP contribution < -0.4 is 20.1 Å². The molecular formula is C24H31N7O4S. The Kier molecular flexibility index (Phi) is 6.65. The van der Waals surface area contributed by atoms with Gasteiger partial charge in [-0.25, -0.2) is 19.4 Å². The Hall–Kier alpha value is -3.67. The lowest BCUT2D eigenvalue weighted by molar-refractivity contribution is 0.0981. The molecule has 0 aromatic carbocycles. The number of hydrogen-bond donors (Lipinski definition) is 2. The highest BCUT2D eigenvalue weighted by molar-refractivity contribution is 7.90. The van der Waals surface area contributed by atoms with Crippen LogP contribution in [0.4, 0.5) is 11.6 Å². The summed E-state index contributed by atoms with van der Waals surface area (Å²) in [6.45, 7) is 10.8. The fraction of sp³-hybridized carbons (Fsp3) is 0.417. The number of aromatic nitrogens is 4. The van der Waals surface area contributed by atoms with Crippen LogP contribution in [-0.4, -0.2) is 52.3 Å². The molecule has 0 radical (unpaired) electrons. The van der Waals surface area contributed by atoms with E-state index in [1.165, 1.54) is 18.2 Å². The lowest BCUT2D eigenvalue weighted by Crippen LogP contribution is -2.41. The number of carbonyl (C=O) groups excluding carboxylic acids is 1. The van der Waals surface area contributed by atoms with E-state index in [-0.39, 0.29) is 28.1 Å². The third-order valence-electron chi connectivity index (χ3n) is 5.84. The molecule has 36 heavy (non-hydrogen) atoms. The standard InChI is InChI=1S/C24H31N7O4S/c1-15(2)35-20-11-12-31(28-20)19-10-9-17(22(27-19)30-14-16(3)13-24(30,4)5)23(32)29-36(33,34)21-8-6-7-18(25)26-21/h6-12,15-16H,13-14H2,1-5H3,(H2,25,26)(H,29,32)/t16-/m0/s1. The zero-order valence-electron chi connectivity index (χ0n) is 21.0. The summed E-state index contributed by atoms with van der Waals surface area (Å²) in [7, 11) is -4.25. The maximum atomic E-state index is 13.3. The van der Waals surface area contributed by atoms with Gasteiger partial charge in [-0.1, -0.05) is 13.0 Å². The Balaban J connectivity index is 1.74. The summed E-state index contributed by atoms with van der Waals surface area (Å²) in [4.78, 5) is 23.9. The van der Waals surface area contributed by atoms with Gasteiger partial charge < -0.3 is 15.4 Å². The molecule has 4 rings (SSSR count). The molecule has 1 fully saturated rings. The zero-order valence-corrected chi connectivity index (χ0v) is 21.8. The molecule has 192 valence electrons. The van der Waals surface area contributed by atoms with Gasteiger partial charge in [-0.3, -0.25) is 4.79 Å². The average Bonchev–Trinajstić information content (AvgIpc) is 3.35. The first-order valence-corrected chi connectivity index (χ1v) is 13.1. The average molecular weight is 514 g/mol. The Morgan fingerprint density at radius 3 is 2.58 bits per heavy atom. The number of sulfonamides is 1. The maximum Gasteiger partial charge on any atom is 0.281 e. The van der Waals surface area contributed by atoms with Crippen molar-refractivity contribution in [2.24, 2.45) is 5.92 Å². The summed E-state index contributed by atoms with van der Waals surface area (Å²) < 4.78 is 35.0. The maximum absolute atomic E-state index is 13.3. The molecule has 0 unspecified atom stereocenters. The van der Waals surface area contributed by atoms with Gasteiger partial charge in [-0.15, -0.1) is 5.10 Å².